The molecular formula is C27H30N4O4. The zero-order valence-corrected chi connectivity index (χ0v) is 20.9. The molecule has 0 atom stereocenters. The number of nitrogens with zero attached hydrogens (tertiary/aromatic N) is 2. The second-order valence-electron chi connectivity index (χ2n) is 9.42. The van der Waals surface area contributed by atoms with Crippen LogP contribution in [0, 0.1) is 6.92 Å². The molecule has 0 bridgehead atoms. The van der Waals surface area contributed by atoms with E-state index in [2.05, 4.69) is 55.5 Å². The number of allylic oxidation sites excluding steroid dienone is 1. The summed E-state index contributed by atoms with van der Waals surface area (Å²) in [4.78, 5) is 41.0. The molecule has 4 rings (SSSR count). The summed E-state index contributed by atoms with van der Waals surface area (Å²) in [6.07, 6.45) is 3.89. The molecule has 2 aliphatic heterocycles. The third kappa shape index (κ3) is 4.64. The molecule has 8 nitrogen and oxygen atoms in total. The molecule has 0 aliphatic carbocycles. The van der Waals surface area contributed by atoms with E-state index in [0.717, 1.165) is 32.9 Å². The Hall–Kier alpha value is -4.07. The first kappa shape index (κ1) is 24.1. The number of ether oxygens (including phenoxy) is 1. The topological polar surface area (TPSA) is 91.0 Å². The minimum absolute atomic E-state index is 0.105. The van der Waals surface area contributed by atoms with Gasteiger partial charge in [0.1, 0.15) is 18.0 Å². The molecule has 182 valence electrons. The van der Waals surface area contributed by atoms with Gasteiger partial charge in [-0.25, -0.2) is 9.69 Å². The first-order chi connectivity index (χ1) is 16.5. The summed E-state index contributed by atoms with van der Waals surface area (Å²) in [6.45, 7) is 7.99. The van der Waals surface area contributed by atoms with Crippen molar-refractivity contribution >= 4 is 40.9 Å². The van der Waals surface area contributed by atoms with Gasteiger partial charge in [0.25, 0.3) is 5.91 Å². The zero-order valence-electron chi connectivity index (χ0n) is 20.9. The van der Waals surface area contributed by atoms with Crippen LogP contribution < -0.4 is 20.3 Å². The van der Waals surface area contributed by atoms with E-state index in [1.54, 1.807) is 37.5 Å². The van der Waals surface area contributed by atoms with Gasteiger partial charge in [-0.15, -0.1) is 0 Å². The number of likely N-dealkylation sites (N-methyl/N-ethyl adjacent to an activating group) is 1. The fraction of sp³-hybridized carbons (Fsp3) is 0.296. The van der Waals surface area contributed by atoms with Crippen LogP contribution in [-0.2, 0) is 9.59 Å². The summed E-state index contributed by atoms with van der Waals surface area (Å²) in [7, 11) is 3.62. The van der Waals surface area contributed by atoms with Crippen molar-refractivity contribution in [2.75, 3.05) is 30.9 Å². The molecule has 1 fully saturated rings. The largest absolute Gasteiger partial charge is 0.497 e. The number of hydrogen-bond donors (Lipinski definition) is 2. The van der Waals surface area contributed by atoms with Crippen molar-refractivity contribution in [1.82, 2.24) is 10.2 Å². The van der Waals surface area contributed by atoms with Gasteiger partial charge < -0.3 is 20.3 Å². The SMILES string of the molecule is COc1ccc(NC(=O)CN2C(=O)N/C(=C/c3cc4c(cc3C)N(C)C(C)(C)C=C4C)C2=O)cc1. The predicted octanol–water partition coefficient (Wildman–Crippen LogP) is 4.17. The van der Waals surface area contributed by atoms with Gasteiger partial charge in [-0.2, -0.15) is 0 Å². The molecule has 2 N–H and O–H groups in total. The molecule has 0 spiro atoms. The molecular weight excluding hydrogens is 444 g/mol. The normalized spacial score (nSPS) is 17.8. The number of carbonyl (C=O) groups excluding carboxylic acids is 3. The molecule has 2 aromatic rings. The molecule has 0 saturated carbocycles. The number of aryl methyl sites for hydroxylation is 1. The van der Waals surface area contributed by atoms with E-state index in [1.807, 2.05) is 13.0 Å². The average molecular weight is 475 g/mol. The number of anilines is 2. The van der Waals surface area contributed by atoms with Crippen molar-refractivity contribution in [3.8, 4) is 5.75 Å². The van der Waals surface area contributed by atoms with Crippen molar-refractivity contribution in [3.05, 3.63) is 64.9 Å². The van der Waals surface area contributed by atoms with Crippen molar-refractivity contribution in [3.63, 3.8) is 0 Å². The molecule has 8 heteroatoms. The highest BCUT2D eigenvalue weighted by Crippen LogP contribution is 2.39. The lowest BCUT2D eigenvalue weighted by atomic mass is 9.87. The Morgan fingerprint density at radius 1 is 1.14 bits per heavy atom. The number of carbonyl (C=O) groups is 3. The number of fused-ring (bicyclic) bond motifs is 1. The molecule has 0 radical (unpaired) electrons. The van der Waals surface area contributed by atoms with Crippen molar-refractivity contribution in [2.24, 2.45) is 0 Å². The molecule has 2 aromatic carbocycles. The number of amides is 4. The number of imide groups is 1. The van der Waals surface area contributed by atoms with E-state index >= 15 is 0 Å². The molecule has 35 heavy (non-hydrogen) atoms. The summed E-state index contributed by atoms with van der Waals surface area (Å²) >= 11 is 0. The Morgan fingerprint density at radius 2 is 1.83 bits per heavy atom. The van der Waals surface area contributed by atoms with E-state index in [-0.39, 0.29) is 17.8 Å². The van der Waals surface area contributed by atoms with Crippen LogP contribution in [0.4, 0.5) is 16.2 Å². The highest BCUT2D eigenvalue weighted by atomic mass is 16.5. The van der Waals surface area contributed by atoms with E-state index in [0.29, 0.717) is 11.4 Å². The standard InChI is InChI=1S/C27H30N4O4/c1-16-11-23-21(17(2)14-27(3,4)30(23)5)12-18(16)13-22-25(33)31(26(34)29-22)15-24(32)28-19-7-9-20(35-6)10-8-19/h7-14H,15H2,1-6H3,(H,28,32)(H,29,34)/b22-13+. The molecule has 1 saturated heterocycles. The van der Waals surface area contributed by atoms with Crippen LogP contribution in [-0.4, -0.2) is 49.0 Å². The molecule has 0 unspecified atom stereocenters. The quantitative estimate of drug-likeness (QED) is 0.502. The predicted molar refractivity (Wildman–Crippen MR) is 137 cm³/mol. The van der Waals surface area contributed by atoms with Crippen LogP contribution in [0.2, 0.25) is 0 Å². The second-order valence-corrected chi connectivity index (χ2v) is 9.42. The summed E-state index contributed by atoms with van der Waals surface area (Å²) < 4.78 is 5.10. The molecule has 0 aromatic heterocycles. The summed E-state index contributed by atoms with van der Waals surface area (Å²) in [5, 5.41) is 5.29. The summed E-state index contributed by atoms with van der Waals surface area (Å²) in [6, 6.07) is 10.3. The highest BCUT2D eigenvalue weighted by Gasteiger charge is 2.35. The second kappa shape index (κ2) is 8.94. The third-order valence-corrected chi connectivity index (χ3v) is 6.54. The number of methoxy groups -OCH3 is 1. The lowest BCUT2D eigenvalue weighted by Gasteiger charge is -2.41. The number of nitrogens with one attached hydrogen (secondary N) is 2. The lowest BCUT2D eigenvalue weighted by Crippen LogP contribution is -2.42. The van der Waals surface area contributed by atoms with E-state index in [1.165, 1.54) is 0 Å². The van der Waals surface area contributed by atoms with Gasteiger partial charge in [0.15, 0.2) is 0 Å². The Bertz CT molecular complexity index is 1270. The van der Waals surface area contributed by atoms with Crippen molar-refractivity contribution < 1.29 is 19.1 Å². The third-order valence-electron chi connectivity index (χ3n) is 6.54. The number of rotatable bonds is 5. The molecule has 4 amide bonds. The summed E-state index contributed by atoms with van der Waals surface area (Å²) in [5.74, 6) is -0.357. The van der Waals surface area contributed by atoms with Crippen LogP contribution in [0.1, 0.15) is 37.5 Å². The van der Waals surface area contributed by atoms with Crippen LogP contribution in [0.3, 0.4) is 0 Å². The van der Waals surface area contributed by atoms with Gasteiger partial charge in [-0.3, -0.25) is 9.59 Å². The van der Waals surface area contributed by atoms with Crippen LogP contribution in [0.15, 0.2) is 48.2 Å². The van der Waals surface area contributed by atoms with Gasteiger partial charge in [0.05, 0.1) is 12.6 Å². The van der Waals surface area contributed by atoms with E-state index in [4.69, 9.17) is 4.74 Å². The highest BCUT2D eigenvalue weighted by molar-refractivity contribution is 6.16. The fourth-order valence-corrected chi connectivity index (χ4v) is 4.36. The maximum absolute atomic E-state index is 13.0. The van der Waals surface area contributed by atoms with Gasteiger partial charge in [0.2, 0.25) is 5.91 Å². The maximum Gasteiger partial charge on any atom is 0.329 e. The zero-order chi connectivity index (χ0) is 25.5. The van der Waals surface area contributed by atoms with Crippen molar-refractivity contribution in [1.29, 1.82) is 0 Å². The Balaban J connectivity index is 1.53. The van der Waals surface area contributed by atoms with Crippen LogP contribution >= 0.6 is 0 Å². The number of hydrogen-bond acceptors (Lipinski definition) is 5. The Kier molecular flexibility index (Phi) is 6.15. The van der Waals surface area contributed by atoms with Gasteiger partial charge in [0, 0.05) is 24.0 Å². The average Bonchev–Trinajstić information content (AvgIpc) is 3.06. The van der Waals surface area contributed by atoms with Crippen LogP contribution in [0.5, 0.6) is 5.75 Å². The van der Waals surface area contributed by atoms with Crippen molar-refractivity contribution in [2.45, 2.75) is 33.2 Å². The molecule has 2 aliphatic rings. The van der Waals surface area contributed by atoms with Gasteiger partial charge >= 0.3 is 6.03 Å². The minimum Gasteiger partial charge on any atom is -0.497 e. The van der Waals surface area contributed by atoms with Crippen LogP contribution in [0.25, 0.3) is 11.6 Å². The molecule has 2 heterocycles. The Labute approximate surface area is 205 Å². The van der Waals surface area contributed by atoms with E-state index in [9.17, 15) is 14.4 Å². The smallest absolute Gasteiger partial charge is 0.329 e. The monoisotopic (exact) mass is 474 g/mol. The lowest BCUT2D eigenvalue weighted by molar-refractivity contribution is -0.127. The van der Waals surface area contributed by atoms with Gasteiger partial charge in [-0.05, 0) is 86.9 Å². The van der Waals surface area contributed by atoms with E-state index < -0.39 is 17.8 Å². The fourth-order valence-electron chi connectivity index (χ4n) is 4.36. The number of benzene rings is 2. The summed E-state index contributed by atoms with van der Waals surface area (Å²) in [5.41, 5.74) is 5.74. The maximum atomic E-state index is 13.0. The first-order valence-corrected chi connectivity index (χ1v) is 11.4. The first-order valence-electron chi connectivity index (χ1n) is 11.4. The Morgan fingerprint density at radius 3 is 2.49 bits per heavy atom. The minimum atomic E-state index is -0.626. The number of urea groups is 1. The van der Waals surface area contributed by atoms with Gasteiger partial charge in [-0.1, -0.05) is 6.08 Å².